The number of phenols is 2. The molecule has 11 aliphatic rings. The molecular weight excluding hydrogens is 1230 g/mol. The topological polar surface area (TPSA) is 206 Å². The third-order valence-electron chi connectivity index (χ3n) is 23.3. The number of aliphatic hydroxyl groups excluding tert-OH is 2. The number of dihydropyridines is 1. The molecular formula is C79H86N4O10S2. The summed E-state index contributed by atoms with van der Waals surface area (Å²) in [6.07, 6.45) is 18.8. The van der Waals surface area contributed by atoms with Gasteiger partial charge < -0.3 is 65.8 Å². The third kappa shape index (κ3) is 11.6. The molecule has 0 radical (unpaired) electrons. The molecule has 14 nitrogen and oxygen atoms in total. The van der Waals surface area contributed by atoms with Gasteiger partial charge in [-0.05, 0) is 164 Å². The van der Waals surface area contributed by atoms with Crippen LogP contribution in [0, 0.1) is 59.2 Å². The monoisotopic (exact) mass is 1310 g/mol. The summed E-state index contributed by atoms with van der Waals surface area (Å²) in [4.78, 5) is 13.6. The number of nitrogens with one attached hydrogen (secondary N) is 3. The molecule has 16 rings (SSSR count). The largest absolute Gasteiger partial charge is 0.508 e. The van der Waals surface area contributed by atoms with Crippen LogP contribution in [0.3, 0.4) is 0 Å². The highest BCUT2D eigenvalue weighted by atomic mass is 33.1. The van der Waals surface area contributed by atoms with Gasteiger partial charge in [0.05, 0.1) is 35.7 Å². The Hall–Kier alpha value is -6.83. The Morgan fingerprint density at radius 2 is 1.78 bits per heavy atom. The van der Waals surface area contributed by atoms with E-state index in [2.05, 4.69) is 125 Å². The van der Waals surface area contributed by atoms with Gasteiger partial charge in [-0.25, -0.2) is 0 Å². The van der Waals surface area contributed by atoms with Crippen LogP contribution in [0.1, 0.15) is 144 Å². The number of benzene rings is 5. The van der Waals surface area contributed by atoms with Gasteiger partial charge in [-0.1, -0.05) is 125 Å². The maximum absolute atomic E-state index is 14.2. The van der Waals surface area contributed by atoms with Crippen LogP contribution in [0.5, 0.6) is 28.7 Å². The number of hydrogen-bond acceptors (Lipinski definition) is 16. The molecule has 6 aliphatic heterocycles. The molecule has 16 heteroatoms. The van der Waals surface area contributed by atoms with Crippen molar-refractivity contribution in [2.75, 3.05) is 39.5 Å². The summed E-state index contributed by atoms with van der Waals surface area (Å²) in [7, 11) is 5.59. The zero-order valence-electron chi connectivity index (χ0n) is 54.2. The van der Waals surface area contributed by atoms with Crippen molar-refractivity contribution in [3.05, 3.63) is 163 Å². The molecule has 16 atom stereocenters. The number of nitrogens with two attached hydrogens (primary N) is 1. The molecule has 1 spiro atoms. The maximum Gasteiger partial charge on any atom is 0.302 e. The fourth-order valence-corrected chi connectivity index (χ4v) is 22.3. The predicted octanol–water partition coefficient (Wildman–Crippen LogP) is 11.3. The Morgan fingerprint density at radius 3 is 2.63 bits per heavy atom. The number of rotatable bonds is 9. The van der Waals surface area contributed by atoms with Gasteiger partial charge in [0, 0.05) is 108 Å². The fraction of sp³-hybridized carbons (Fsp3) is 0.481. The van der Waals surface area contributed by atoms with E-state index in [1.54, 1.807) is 13.2 Å². The van der Waals surface area contributed by atoms with E-state index in [1.165, 1.54) is 35.6 Å². The minimum atomic E-state index is -0.892. The smallest absolute Gasteiger partial charge is 0.302 e. The van der Waals surface area contributed by atoms with E-state index in [0.29, 0.717) is 59.3 Å². The zero-order valence-corrected chi connectivity index (χ0v) is 55.8. The van der Waals surface area contributed by atoms with Crippen LogP contribution in [-0.2, 0) is 58.3 Å². The number of carbonyl (C=O) groups excluding carboxylic acids is 1. The summed E-state index contributed by atoms with van der Waals surface area (Å²) in [5.74, 6) is 16.1. The summed E-state index contributed by atoms with van der Waals surface area (Å²) in [5, 5.41) is 60.2. The van der Waals surface area contributed by atoms with E-state index in [1.807, 2.05) is 27.7 Å². The number of aryl methyl sites for hydroxylation is 1. The predicted molar refractivity (Wildman–Crippen MR) is 371 cm³/mol. The molecule has 5 aromatic carbocycles. The van der Waals surface area contributed by atoms with Crippen molar-refractivity contribution >= 4 is 33.6 Å². The van der Waals surface area contributed by atoms with Gasteiger partial charge in [-0.2, -0.15) is 0 Å². The van der Waals surface area contributed by atoms with Gasteiger partial charge in [-0.15, -0.1) is 0 Å². The fourth-order valence-electron chi connectivity index (χ4n) is 19.0. The summed E-state index contributed by atoms with van der Waals surface area (Å²) in [6, 6.07) is 25.3. The normalized spacial score (nSPS) is 31.9. The number of phenolic OH excluding ortho intramolecular Hbond substituents is 2. The molecule has 1 unspecified atom stereocenters. The van der Waals surface area contributed by atoms with E-state index in [0.717, 1.165) is 121 Å². The highest BCUT2D eigenvalue weighted by Crippen LogP contribution is 2.65. The minimum Gasteiger partial charge on any atom is -0.508 e. The molecule has 9 N–H and O–H groups in total. The number of methoxy groups -OCH3 is 1. The van der Waals surface area contributed by atoms with E-state index in [-0.39, 0.29) is 84.2 Å². The first-order valence-electron chi connectivity index (χ1n) is 34.8. The highest BCUT2D eigenvalue weighted by Gasteiger charge is 2.54. The Labute approximate surface area is 565 Å². The van der Waals surface area contributed by atoms with Crippen molar-refractivity contribution in [3.8, 4) is 63.6 Å². The number of fused-ring (bicyclic) bond motifs is 14. The second-order valence-electron chi connectivity index (χ2n) is 28.9. The van der Waals surface area contributed by atoms with Crippen LogP contribution in [0.2, 0.25) is 0 Å². The minimum absolute atomic E-state index is 0.00567. The number of esters is 1. The molecule has 3 fully saturated rings. The molecule has 5 aromatic rings. The van der Waals surface area contributed by atoms with Crippen LogP contribution in [-0.4, -0.2) is 102 Å². The maximum atomic E-state index is 14.2. The molecule has 0 amide bonds. The molecule has 494 valence electrons. The Kier molecular flexibility index (Phi) is 17.4. The van der Waals surface area contributed by atoms with Crippen molar-refractivity contribution in [3.63, 3.8) is 0 Å². The molecule has 12 bridgehead atoms. The number of hydrogen-bond donors (Lipinski definition) is 8. The lowest BCUT2D eigenvalue weighted by atomic mass is 9.64. The van der Waals surface area contributed by atoms with Crippen molar-refractivity contribution in [1.29, 1.82) is 0 Å². The van der Waals surface area contributed by atoms with Crippen molar-refractivity contribution in [1.82, 2.24) is 16.0 Å². The van der Waals surface area contributed by atoms with Crippen LogP contribution in [0.15, 0.2) is 102 Å². The van der Waals surface area contributed by atoms with Crippen molar-refractivity contribution < 1.29 is 48.9 Å². The Bertz CT molecular complexity index is 4070. The summed E-state index contributed by atoms with van der Waals surface area (Å²) in [6.45, 7) is 1.25. The van der Waals surface area contributed by atoms with Gasteiger partial charge >= 0.3 is 5.97 Å². The molecule has 1 saturated heterocycles. The second-order valence-corrected chi connectivity index (χ2v) is 31.5. The number of ether oxygens (including phenoxy) is 5. The lowest BCUT2D eigenvalue weighted by Crippen LogP contribution is -2.52. The van der Waals surface area contributed by atoms with E-state index >= 15 is 0 Å². The lowest BCUT2D eigenvalue weighted by molar-refractivity contribution is -0.141. The van der Waals surface area contributed by atoms with E-state index in [4.69, 9.17) is 29.4 Å². The lowest BCUT2D eigenvalue weighted by Gasteiger charge is -2.40. The van der Waals surface area contributed by atoms with Gasteiger partial charge in [0.1, 0.15) is 42.0 Å². The van der Waals surface area contributed by atoms with Crippen LogP contribution >= 0.6 is 21.6 Å². The van der Waals surface area contributed by atoms with Crippen LogP contribution in [0.25, 0.3) is 17.2 Å². The molecule has 0 aromatic heterocycles. The summed E-state index contributed by atoms with van der Waals surface area (Å²) < 4.78 is 34.8. The Morgan fingerprint density at radius 1 is 0.884 bits per heavy atom. The standard InChI is InChI=1S/C79H86N4O10S2/c1-43(86)90-40-63-56-19-20-57-70-52(33-54(87)34-67(70)91-42-85)36-79-27-26-50(35-79)59-30-45-14-15-47-11-7-13-64-61(38-84)62(39-89-2)49(32-51(47)28-45)17-16-48(18-23-65-55(59)22-25-69(80)83-65)71-60(37-81-64)74(88)77-58(72(71)75(63)92-76(56)73(57)79)21-24-66-78(93-77)68(31-44-8-4-3-5-9-44)95-94-41-46-10-6-12-53(29-46)82-66/h3-5,8-9,14-15,19-22,24-25,28,33-34,46,48-50,53,59,61-64,66,68-69,75,78,81-85,87-88H,6-7,10-13,26-27,29-32,35-42,80H2,1-2H3/t46-,48+,49-,50-,53+,59-,61-,62-,63+,64-,66-,68-,69?,75+,78-,79+/m1/s1. The highest BCUT2D eigenvalue weighted by molar-refractivity contribution is 8.77. The SMILES string of the molecule is COC[C@H]1[C@@H](CO)[C@H]2CCCc3ccc4cc3C[C@H]1C#C[C@H]1C#CC3=C(C=CC(N)N3)[C@H](C4)[C@@H]3CC[C@@]4(Cc5cc(O)cc(OCO)c5-c5ccc6c(c54)O[C@H](c4c5c(c(O)c(c41)CN2)O[C@@H]1[C@@H](C=C5)N[C@H]2CCC[C@@H](CSS[C@@H]1Cc1ccccc1)C2)[C@H]6COC(C)=O)C3. The number of allylic oxidation sites excluding steroid dienone is 3. The van der Waals surface area contributed by atoms with Crippen molar-refractivity contribution in [2.45, 2.75) is 162 Å². The van der Waals surface area contributed by atoms with Crippen LogP contribution < -0.4 is 35.9 Å². The van der Waals surface area contributed by atoms with E-state index in [9.17, 15) is 25.2 Å². The number of aliphatic hydroxyl groups is 2. The first kappa shape index (κ1) is 62.9. The average Bonchev–Trinajstić information content (AvgIpc) is 1.61. The number of carbonyl (C=O) groups is 1. The second kappa shape index (κ2) is 26.2. The van der Waals surface area contributed by atoms with Gasteiger partial charge in [-0.3, -0.25) is 4.79 Å². The first-order chi connectivity index (χ1) is 46.4. The quantitative estimate of drug-likeness (QED) is 0.0299. The summed E-state index contributed by atoms with van der Waals surface area (Å²) >= 11 is 0. The van der Waals surface area contributed by atoms with Crippen LogP contribution in [0.4, 0.5) is 0 Å². The number of aromatic hydroxyl groups is 2. The van der Waals surface area contributed by atoms with Gasteiger partial charge in [0.2, 0.25) is 0 Å². The van der Waals surface area contributed by atoms with Crippen molar-refractivity contribution in [2.24, 2.45) is 41.2 Å². The third-order valence-corrected chi connectivity index (χ3v) is 26.3. The summed E-state index contributed by atoms with van der Waals surface area (Å²) in [5.41, 5.74) is 20.4. The van der Waals surface area contributed by atoms with Gasteiger partial charge in [0.25, 0.3) is 0 Å². The first-order valence-corrected chi connectivity index (χ1v) is 37.1. The molecule has 5 aliphatic carbocycles. The Balaban J connectivity index is 1.02. The molecule has 2 saturated carbocycles. The average molecular weight is 1320 g/mol. The zero-order chi connectivity index (χ0) is 64.6. The van der Waals surface area contributed by atoms with E-state index < -0.39 is 48.4 Å². The van der Waals surface area contributed by atoms with Gasteiger partial charge in [0.15, 0.2) is 18.3 Å². The molecule has 6 heterocycles. The molecule has 95 heavy (non-hydrogen) atoms.